The Morgan fingerprint density at radius 2 is 1.18 bits per heavy atom. The molecule has 2 saturated heterocycles. The number of hydrogen-bond donors (Lipinski definition) is 6. The van der Waals surface area contributed by atoms with Gasteiger partial charge in [-0.25, -0.2) is 9.59 Å². The Hall–Kier alpha value is -4.68. The number of aryl methyl sites for hydroxylation is 2. The van der Waals surface area contributed by atoms with E-state index >= 15 is 0 Å². The second kappa shape index (κ2) is 24.0. The van der Waals surface area contributed by atoms with Crippen LogP contribution in [0.2, 0.25) is 0 Å². The van der Waals surface area contributed by atoms with Crippen molar-refractivity contribution in [2.75, 3.05) is 105 Å². The lowest BCUT2D eigenvalue weighted by Crippen LogP contribution is -2.49. The summed E-state index contributed by atoms with van der Waals surface area (Å²) in [4.78, 5) is 53.9. The molecule has 2 atom stereocenters. The third-order valence-corrected chi connectivity index (χ3v) is 8.98. The molecule has 6 N–H and O–H groups in total. The lowest BCUT2D eigenvalue weighted by Gasteiger charge is -2.29. The van der Waals surface area contributed by atoms with Gasteiger partial charge in [0.25, 0.3) is 0 Å². The van der Waals surface area contributed by atoms with Crippen molar-refractivity contribution < 1.29 is 53.4 Å². The highest BCUT2D eigenvalue weighted by molar-refractivity contribution is 5.77. The number of carbonyl (C=O) groups excluding carboxylic acids is 3. The van der Waals surface area contributed by atoms with Crippen LogP contribution in [-0.2, 0) is 31.9 Å². The third kappa shape index (κ3) is 16.7. The van der Waals surface area contributed by atoms with Crippen LogP contribution in [0.15, 0.2) is 48.5 Å². The third-order valence-electron chi connectivity index (χ3n) is 8.98. The number of carboxylic acid groups (broad SMARTS) is 1. The number of aliphatic hydroxyl groups is 2. The molecule has 17 heteroatoms. The molecule has 2 fully saturated rings. The van der Waals surface area contributed by atoms with E-state index in [1.54, 1.807) is 46.2 Å². The summed E-state index contributed by atoms with van der Waals surface area (Å²) in [6, 6.07) is 13.9. The Morgan fingerprint density at radius 1 is 0.691 bits per heavy atom. The van der Waals surface area contributed by atoms with E-state index in [9.17, 15) is 29.4 Å². The molecule has 0 saturated carbocycles. The van der Waals surface area contributed by atoms with Crippen LogP contribution in [-0.4, -0.2) is 171 Å². The van der Waals surface area contributed by atoms with Crippen LogP contribution in [0, 0.1) is 0 Å². The van der Waals surface area contributed by atoms with Crippen molar-refractivity contribution in [3.05, 3.63) is 59.7 Å². The number of aliphatic hydroxyl groups excluding tert-OH is 2. The second-order valence-corrected chi connectivity index (χ2v) is 13.3. The number of carbonyl (C=O) groups is 4. The van der Waals surface area contributed by atoms with Gasteiger partial charge in [0.05, 0.1) is 26.4 Å². The van der Waals surface area contributed by atoms with E-state index < -0.39 is 18.2 Å². The van der Waals surface area contributed by atoms with E-state index in [0.717, 1.165) is 11.1 Å². The van der Waals surface area contributed by atoms with Crippen molar-refractivity contribution in [3.63, 3.8) is 0 Å². The first kappa shape index (κ1) is 43.1. The fraction of sp³-hybridized carbons (Fsp3) is 0.579. The lowest BCUT2D eigenvalue weighted by atomic mass is 10.1. The molecule has 0 bridgehead atoms. The van der Waals surface area contributed by atoms with Crippen molar-refractivity contribution in [1.29, 1.82) is 0 Å². The van der Waals surface area contributed by atoms with Crippen molar-refractivity contribution in [2.45, 2.75) is 37.9 Å². The summed E-state index contributed by atoms with van der Waals surface area (Å²) >= 11 is 0. The van der Waals surface area contributed by atoms with Crippen LogP contribution >= 0.6 is 0 Å². The zero-order valence-corrected chi connectivity index (χ0v) is 31.4. The summed E-state index contributed by atoms with van der Waals surface area (Å²) in [6.07, 6.45) is -0.729. The Kier molecular flexibility index (Phi) is 18.8. The SMILES string of the molecule is O=C(O)CCc1ccc(OC[C@H](O)CN(CCNC(=O)N2CCOCC2)C(=O)CCc2ccc(OC[C@@H](O)CNCCNC(=O)N3CCOCC3)cc2)cc1. The van der Waals surface area contributed by atoms with Crippen molar-refractivity contribution in [1.82, 2.24) is 30.7 Å². The van der Waals surface area contributed by atoms with Gasteiger partial charge in [-0.1, -0.05) is 24.3 Å². The number of nitrogens with zero attached hydrogens (tertiary/aromatic N) is 3. The van der Waals surface area contributed by atoms with Crippen LogP contribution < -0.4 is 25.4 Å². The first-order chi connectivity index (χ1) is 26.7. The smallest absolute Gasteiger partial charge is 0.317 e. The fourth-order valence-corrected chi connectivity index (χ4v) is 5.81. The van der Waals surface area contributed by atoms with E-state index in [2.05, 4.69) is 16.0 Å². The number of aliphatic carboxylic acids is 1. The molecular formula is C38H56N6O11. The minimum atomic E-state index is -1.01. The molecule has 0 aromatic heterocycles. The summed E-state index contributed by atoms with van der Waals surface area (Å²) in [5, 5.41) is 38.9. The van der Waals surface area contributed by atoms with Crippen molar-refractivity contribution >= 4 is 23.9 Å². The molecule has 2 aromatic rings. The highest BCUT2D eigenvalue weighted by atomic mass is 16.5. The van der Waals surface area contributed by atoms with Gasteiger partial charge in [0.2, 0.25) is 5.91 Å². The quantitative estimate of drug-likeness (QED) is 0.0894. The molecule has 55 heavy (non-hydrogen) atoms. The van der Waals surface area contributed by atoms with Gasteiger partial charge in [-0.2, -0.15) is 0 Å². The minimum Gasteiger partial charge on any atom is -0.491 e. The molecule has 5 amide bonds. The van der Waals surface area contributed by atoms with E-state index in [-0.39, 0.29) is 63.7 Å². The Balaban J connectivity index is 1.18. The van der Waals surface area contributed by atoms with Gasteiger partial charge in [0.1, 0.15) is 36.9 Å². The fourth-order valence-electron chi connectivity index (χ4n) is 5.81. The van der Waals surface area contributed by atoms with Crippen LogP contribution in [0.1, 0.15) is 24.0 Å². The van der Waals surface area contributed by atoms with E-state index in [0.29, 0.717) is 96.6 Å². The van der Waals surface area contributed by atoms with E-state index in [1.165, 1.54) is 4.90 Å². The predicted molar refractivity (Wildman–Crippen MR) is 201 cm³/mol. The van der Waals surface area contributed by atoms with Gasteiger partial charge in [0.15, 0.2) is 0 Å². The Morgan fingerprint density at radius 3 is 1.71 bits per heavy atom. The number of morpholine rings is 2. The minimum absolute atomic E-state index is 0.00398. The summed E-state index contributed by atoms with van der Waals surface area (Å²) < 4.78 is 22.0. The Labute approximate surface area is 321 Å². The molecule has 0 radical (unpaired) electrons. The van der Waals surface area contributed by atoms with Gasteiger partial charge >= 0.3 is 18.0 Å². The molecule has 2 aliphatic heterocycles. The van der Waals surface area contributed by atoms with Gasteiger partial charge in [0, 0.05) is 78.3 Å². The maximum absolute atomic E-state index is 13.4. The molecule has 4 rings (SSSR count). The van der Waals surface area contributed by atoms with E-state index in [4.69, 9.17) is 24.1 Å². The maximum Gasteiger partial charge on any atom is 0.317 e. The molecule has 2 aromatic carbocycles. The average molecular weight is 773 g/mol. The monoisotopic (exact) mass is 772 g/mol. The number of benzene rings is 2. The van der Waals surface area contributed by atoms with Gasteiger partial charge in [-0.3, -0.25) is 9.59 Å². The zero-order chi connectivity index (χ0) is 39.3. The number of hydrogen-bond acceptors (Lipinski definition) is 11. The number of rotatable bonds is 22. The first-order valence-electron chi connectivity index (χ1n) is 18.9. The normalized spacial score (nSPS) is 15.5. The molecule has 2 aliphatic rings. The zero-order valence-electron chi connectivity index (χ0n) is 31.4. The molecule has 0 spiro atoms. The van der Waals surface area contributed by atoms with Crippen LogP contribution in [0.4, 0.5) is 9.59 Å². The van der Waals surface area contributed by atoms with Gasteiger partial charge in [-0.15, -0.1) is 0 Å². The number of carboxylic acids is 1. The van der Waals surface area contributed by atoms with Crippen LogP contribution in [0.5, 0.6) is 11.5 Å². The summed E-state index contributed by atoms with van der Waals surface area (Å²) in [5.41, 5.74) is 1.76. The molecule has 304 valence electrons. The molecule has 0 aliphatic carbocycles. The van der Waals surface area contributed by atoms with Gasteiger partial charge in [-0.05, 0) is 48.2 Å². The largest absolute Gasteiger partial charge is 0.491 e. The van der Waals surface area contributed by atoms with Crippen molar-refractivity contribution in [2.24, 2.45) is 0 Å². The van der Waals surface area contributed by atoms with Crippen LogP contribution in [0.25, 0.3) is 0 Å². The first-order valence-corrected chi connectivity index (χ1v) is 18.9. The molecule has 0 unspecified atom stereocenters. The number of nitrogens with one attached hydrogen (secondary N) is 3. The number of urea groups is 2. The topological polar surface area (TPSA) is 212 Å². The molecule has 17 nitrogen and oxygen atoms in total. The highest BCUT2D eigenvalue weighted by Gasteiger charge is 2.21. The van der Waals surface area contributed by atoms with Gasteiger partial charge < -0.3 is 64.9 Å². The standard InChI is InChI=1S/C38H56N6O11/c45-31(25-39-13-14-40-37(50)42-17-21-52-22-18-42)27-54-33-7-1-29(2-8-33)5-11-35(47)44(16-15-41-38(51)43-19-23-53-24-20-43)26-32(46)28-55-34-9-3-30(4-10-34)6-12-36(48)49/h1-4,7-10,31-32,39,45-46H,5-6,11-28H2,(H,40,50)(H,41,51)(H,48,49)/t31-,32+/m0/s1. The summed E-state index contributed by atoms with van der Waals surface area (Å²) in [5.74, 6) is 0.0148. The Bertz CT molecular complexity index is 1450. The predicted octanol–water partition coefficient (Wildman–Crippen LogP) is 0.318. The summed E-state index contributed by atoms with van der Waals surface area (Å²) in [7, 11) is 0. The molecular weight excluding hydrogens is 716 g/mol. The molecule has 2 heterocycles. The maximum atomic E-state index is 13.4. The van der Waals surface area contributed by atoms with Crippen LogP contribution in [0.3, 0.4) is 0 Å². The number of amides is 5. The summed E-state index contributed by atoms with van der Waals surface area (Å²) in [6.45, 7) is 5.79. The lowest BCUT2D eigenvalue weighted by molar-refractivity contribution is -0.137. The van der Waals surface area contributed by atoms with Crippen molar-refractivity contribution in [3.8, 4) is 11.5 Å². The van der Waals surface area contributed by atoms with E-state index in [1.807, 2.05) is 12.1 Å². The average Bonchev–Trinajstić information content (AvgIpc) is 3.21. The number of ether oxygens (including phenoxy) is 4. The highest BCUT2D eigenvalue weighted by Crippen LogP contribution is 2.16. The second-order valence-electron chi connectivity index (χ2n) is 13.3.